The van der Waals surface area contributed by atoms with Crippen molar-refractivity contribution < 1.29 is 14.3 Å². The molecule has 0 fully saturated rings. The molecule has 6 nitrogen and oxygen atoms in total. The molecule has 1 heterocycles. The molecule has 1 amide bonds. The summed E-state index contributed by atoms with van der Waals surface area (Å²) in [6, 6.07) is 6.83. The van der Waals surface area contributed by atoms with Crippen LogP contribution in [0.4, 0.5) is 5.13 Å². The number of nitrogens with zero attached hydrogens (tertiary/aromatic N) is 2. The van der Waals surface area contributed by atoms with Crippen molar-refractivity contribution in [3.63, 3.8) is 0 Å². The second-order valence-corrected chi connectivity index (χ2v) is 5.23. The number of carbonyl (C=O) groups is 1. The molecule has 0 bridgehead atoms. The molecular weight excluding hydrogens is 302 g/mol. The van der Waals surface area contributed by atoms with Gasteiger partial charge in [0.2, 0.25) is 5.13 Å². The quantitative estimate of drug-likeness (QED) is 0.886. The Bertz CT molecular complexity index is 591. The summed E-state index contributed by atoms with van der Waals surface area (Å²) in [7, 11) is 1.57. The van der Waals surface area contributed by atoms with Crippen LogP contribution in [0.2, 0.25) is 5.02 Å². The lowest BCUT2D eigenvalue weighted by Gasteiger charge is -2.05. The van der Waals surface area contributed by atoms with Crippen LogP contribution in [0.3, 0.4) is 0 Å². The lowest BCUT2D eigenvalue weighted by molar-refractivity contribution is -0.118. The Hall–Kier alpha value is -1.70. The van der Waals surface area contributed by atoms with Gasteiger partial charge in [-0.05, 0) is 18.2 Å². The summed E-state index contributed by atoms with van der Waals surface area (Å²) >= 11 is 7.07. The molecule has 0 unspecified atom stereocenters. The largest absolute Gasteiger partial charge is 0.484 e. The fraction of sp³-hybridized carbons (Fsp3) is 0.250. The van der Waals surface area contributed by atoms with Gasteiger partial charge in [-0.1, -0.05) is 29.0 Å². The molecule has 2 aromatic rings. The second-order valence-electron chi connectivity index (χ2n) is 3.73. The highest BCUT2D eigenvalue weighted by atomic mass is 35.5. The number of aromatic nitrogens is 2. The standard InChI is InChI=1S/C12H12ClN3O3S/c1-18-7-11-15-16-12(20-11)14-10(17)6-19-9-4-2-3-8(13)5-9/h2-5H,6-7H2,1H3,(H,14,16,17). The molecular formula is C12H12ClN3O3S. The summed E-state index contributed by atoms with van der Waals surface area (Å²) in [6.07, 6.45) is 0. The van der Waals surface area contributed by atoms with Crippen molar-refractivity contribution in [2.75, 3.05) is 19.0 Å². The van der Waals surface area contributed by atoms with Gasteiger partial charge in [0.1, 0.15) is 17.4 Å². The summed E-state index contributed by atoms with van der Waals surface area (Å²) in [5.74, 6) is 0.218. The minimum absolute atomic E-state index is 0.125. The first kappa shape index (κ1) is 14.7. The maximum absolute atomic E-state index is 11.7. The molecule has 0 aliphatic heterocycles. The highest BCUT2D eigenvalue weighted by molar-refractivity contribution is 7.15. The topological polar surface area (TPSA) is 73.3 Å². The third-order valence-corrected chi connectivity index (χ3v) is 3.19. The molecule has 2 rings (SSSR count). The van der Waals surface area contributed by atoms with Gasteiger partial charge in [-0.25, -0.2) is 0 Å². The lowest BCUT2D eigenvalue weighted by Crippen LogP contribution is -2.20. The molecule has 1 N–H and O–H groups in total. The fourth-order valence-electron chi connectivity index (χ4n) is 1.35. The smallest absolute Gasteiger partial charge is 0.264 e. The molecule has 8 heteroatoms. The van der Waals surface area contributed by atoms with E-state index in [-0.39, 0.29) is 12.5 Å². The number of anilines is 1. The fourth-order valence-corrected chi connectivity index (χ4v) is 2.26. The molecule has 1 aromatic heterocycles. The number of ether oxygens (including phenoxy) is 2. The van der Waals surface area contributed by atoms with Crippen LogP contribution in [0.5, 0.6) is 5.75 Å². The maximum atomic E-state index is 11.7. The van der Waals surface area contributed by atoms with E-state index in [0.717, 1.165) is 0 Å². The molecule has 0 aliphatic rings. The van der Waals surface area contributed by atoms with Crippen LogP contribution in [0.1, 0.15) is 5.01 Å². The van der Waals surface area contributed by atoms with Crippen LogP contribution < -0.4 is 10.1 Å². The number of methoxy groups -OCH3 is 1. The number of rotatable bonds is 6. The lowest BCUT2D eigenvalue weighted by atomic mass is 10.3. The molecule has 0 aliphatic carbocycles. The normalized spacial score (nSPS) is 10.3. The SMILES string of the molecule is COCc1nnc(NC(=O)COc2cccc(Cl)c2)s1. The molecule has 0 atom stereocenters. The third-order valence-electron chi connectivity index (χ3n) is 2.15. The Kier molecular flexibility index (Phi) is 5.28. The molecule has 0 radical (unpaired) electrons. The number of hydrogen-bond donors (Lipinski definition) is 1. The van der Waals surface area contributed by atoms with E-state index >= 15 is 0 Å². The first-order chi connectivity index (χ1) is 9.67. The van der Waals surface area contributed by atoms with Gasteiger partial charge in [0, 0.05) is 12.1 Å². The van der Waals surface area contributed by atoms with Gasteiger partial charge in [0.15, 0.2) is 6.61 Å². The van der Waals surface area contributed by atoms with Crippen LogP contribution >= 0.6 is 22.9 Å². The summed E-state index contributed by atoms with van der Waals surface area (Å²) in [4.78, 5) is 11.7. The van der Waals surface area contributed by atoms with E-state index in [1.807, 2.05) is 0 Å². The van der Waals surface area contributed by atoms with Gasteiger partial charge in [-0.2, -0.15) is 0 Å². The molecule has 1 aromatic carbocycles. The number of amides is 1. The number of hydrogen-bond acceptors (Lipinski definition) is 6. The average molecular weight is 314 g/mol. The van der Waals surface area contributed by atoms with E-state index in [0.29, 0.717) is 27.5 Å². The minimum Gasteiger partial charge on any atom is -0.484 e. The van der Waals surface area contributed by atoms with Gasteiger partial charge >= 0.3 is 0 Å². The van der Waals surface area contributed by atoms with Crippen LogP contribution in [0, 0.1) is 0 Å². The predicted octanol–water partition coefficient (Wildman–Crippen LogP) is 2.36. The van der Waals surface area contributed by atoms with Gasteiger partial charge in [-0.15, -0.1) is 10.2 Å². The zero-order valence-corrected chi connectivity index (χ0v) is 12.2. The number of nitrogens with one attached hydrogen (secondary N) is 1. The van der Waals surface area contributed by atoms with E-state index in [1.54, 1.807) is 31.4 Å². The number of halogens is 1. The summed E-state index contributed by atoms with van der Waals surface area (Å²) in [5, 5.41) is 11.9. The molecule has 106 valence electrons. The van der Waals surface area contributed by atoms with Crippen LogP contribution in [0.25, 0.3) is 0 Å². The van der Waals surface area contributed by atoms with E-state index < -0.39 is 0 Å². The van der Waals surface area contributed by atoms with E-state index in [4.69, 9.17) is 21.1 Å². The summed E-state index contributed by atoms with van der Waals surface area (Å²) < 4.78 is 10.2. The summed E-state index contributed by atoms with van der Waals surface area (Å²) in [5.41, 5.74) is 0. The zero-order chi connectivity index (χ0) is 14.4. The first-order valence-electron chi connectivity index (χ1n) is 5.67. The predicted molar refractivity (Wildman–Crippen MR) is 76.2 cm³/mol. The van der Waals surface area contributed by atoms with Crippen molar-refractivity contribution in [2.45, 2.75) is 6.61 Å². The average Bonchev–Trinajstić information content (AvgIpc) is 2.84. The number of carbonyl (C=O) groups excluding carboxylic acids is 1. The van der Waals surface area contributed by atoms with Crippen LogP contribution in [-0.2, 0) is 16.1 Å². The van der Waals surface area contributed by atoms with Crippen molar-refractivity contribution in [3.8, 4) is 5.75 Å². The molecule has 0 saturated heterocycles. The van der Waals surface area contributed by atoms with Gasteiger partial charge in [-0.3, -0.25) is 10.1 Å². The Balaban J connectivity index is 1.82. The Morgan fingerprint density at radius 2 is 2.30 bits per heavy atom. The highest BCUT2D eigenvalue weighted by Crippen LogP contribution is 2.18. The molecule has 20 heavy (non-hydrogen) atoms. The van der Waals surface area contributed by atoms with E-state index in [2.05, 4.69) is 15.5 Å². The van der Waals surface area contributed by atoms with E-state index in [9.17, 15) is 4.79 Å². The Morgan fingerprint density at radius 3 is 3.05 bits per heavy atom. The molecule has 0 saturated carbocycles. The maximum Gasteiger partial charge on any atom is 0.264 e. The Labute approximate surface area is 124 Å². The van der Waals surface area contributed by atoms with Crippen molar-refractivity contribution in [1.82, 2.24) is 10.2 Å². The van der Waals surface area contributed by atoms with Gasteiger partial charge < -0.3 is 9.47 Å². The third kappa shape index (κ3) is 4.44. The minimum atomic E-state index is -0.315. The number of benzene rings is 1. The monoisotopic (exact) mass is 313 g/mol. The highest BCUT2D eigenvalue weighted by Gasteiger charge is 2.08. The van der Waals surface area contributed by atoms with Gasteiger partial charge in [0.25, 0.3) is 5.91 Å². The van der Waals surface area contributed by atoms with Crippen LogP contribution in [-0.4, -0.2) is 29.8 Å². The summed E-state index contributed by atoms with van der Waals surface area (Å²) in [6.45, 7) is 0.242. The zero-order valence-electron chi connectivity index (χ0n) is 10.6. The second kappa shape index (κ2) is 7.18. The molecule has 0 spiro atoms. The van der Waals surface area contributed by atoms with Crippen LogP contribution in [0.15, 0.2) is 24.3 Å². The Morgan fingerprint density at radius 1 is 1.45 bits per heavy atom. The van der Waals surface area contributed by atoms with E-state index in [1.165, 1.54) is 11.3 Å². The van der Waals surface area contributed by atoms with Gasteiger partial charge in [0.05, 0.1) is 0 Å². The van der Waals surface area contributed by atoms with Crippen molar-refractivity contribution in [1.29, 1.82) is 0 Å². The van der Waals surface area contributed by atoms with Crippen molar-refractivity contribution >= 4 is 34.0 Å². The van der Waals surface area contributed by atoms with Crippen molar-refractivity contribution in [2.24, 2.45) is 0 Å². The first-order valence-corrected chi connectivity index (χ1v) is 6.86. The van der Waals surface area contributed by atoms with Crippen molar-refractivity contribution in [3.05, 3.63) is 34.3 Å².